The molecule has 2 aromatic carbocycles. The van der Waals surface area contributed by atoms with E-state index in [1.807, 2.05) is 31.2 Å². The molecule has 0 aromatic heterocycles. The van der Waals surface area contributed by atoms with Crippen LogP contribution in [0.3, 0.4) is 0 Å². The summed E-state index contributed by atoms with van der Waals surface area (Å²) in [5.74, 6) is 1.40. The van der Waals surface area contributed by atoms with Gasteiger partial charge < -0.3 is 14.8 Å². The number of anilines is 1. The van der Waals surface area contributed by atoms with E-state index in [9.17, 15) is 4.79 Å². The van der Waals surface area contributed by atoms with Crippen LogP contribution >= 0.6 is 0 Å². The quantitative estimate of drug-likeness (QED) is 0.880. The molecular formula is C21H25N3O3. The Kier molecular flexibility index (Phi) is 5.27. The summed E-state index contributed by atoms with van der Waals surface area (Å²) >= 11 is 0. The average Bonchev–Trinajstić information content (AvgIpc) is 3.16. The zero-order chi connectivity index (χ0) is 18.6. The van der Waals surface area contributed by atoms with Gasteiger partial charge in [-0.2, -0.15) is 0 Å². The number of rotatable bonds is 5. The van der Waals surface area contributed by atoms with Crippen LogP contribution in [0.15, 0.2) is 48.5 Å². The third-order valence-electron chi connectivity index (χ3n) is 5.22. The number of amides is 1. The third-order valence-corrected chi connectivity index (χ3v) is 5.22. The van der Waals surface area contributed by atoms with Crippen molar-refractivity contribution in [3.63, 3.8) is 0 Å². The molecule has 2 aliphatic heterocycles. The predicted molar refractivity (Wildman–Crippen MR) is 104 cm³/mol. The lowest BCUT2D eigenvalue weighted by Crippen LogP contribution is -2.52. The molecule has 1 unspecified atom stereocenters. The highest BCUT2D eigenvalue weighted by molar-refractivity contribution is 5.94. The summed E-state index contributed by atoms with van der Waals surface area (Å²) in [5.41, 5.74) is 2.07. The number of fused-ring (bicyclic) bond motifs is 1. The largest absolute Gasteiger partial charge is 0.454 e. The van der Waals surface area contributed by atoms with E-state index >= 15 is 0 Å². The highest BCUT2D eigenvalue weighted by atomic mass is 16.7. The summed E-state index contributed by atoms with van der Waals surface area (Å²) in [5, 5.41) is 2.99. The van der Waals surface area contributed by atoms with Gasteiger partial charge in [-0.25, -0.2) is 0 Å². The van der Waals surface area contributed by atoms with Crippen molar-refractivity contribution in [2.45, 2.75) is 19.5 Å². The van der Waals surface area contributed by atoms with Gasteiger partial charge in [0.05, 0.1) is 6.04 Å². The lowest BCUT2D eigenvalue weighted by molar-refractivity contribution is -0.121. The molecule has 6 nitrogen and oxygen atoms in total. The van der Waals surface area contributed by atoms with Crippen LogP contribution in [-0.2, 0) is 11.3 Å². The first-order valence-corrected chi connectivity index (χ1v) is 9.40. The van der Waals surface area contributed by atoms with Gasteiger partial charge in [-0.3, -0.25) is 14.6 Å². The fraction of sp³-hybridized carbons (Fsp3) is 0.381. The number of benzene rings is 2. The number of nitrogens with one attached hydrogen (secondary N) is 1. The number of nitrogens with zero attached hydrogens (tertiary/aromatic N) is 2. The van der Waals surface area contributed by atoms with Gasteiger partial charge in [0.2, 0.25) is 12.7 Å². The van der Waals surface area contributed by atoms with Crippen molar-refractivity contribution in [2.24, 2.45) is 0 Å². The van der Waals surface area contributed by atoms with Gasteiger partial charge in [0.25, 0.3) is 0 Å². The molecule has 0 spiro atoms. The standard InChI is InChI=1S/C21H25N3O3/c1-16(21(25)22-18-7-8-19-20(13-18)27-15-26-19)24-11-9-23(10-12-24)14-17-5-3-2-4-6-17/h2-8,13,16H,9-12,14-15H2,1H3,(H,22,25). The van der Waals surface area contributed by atoms with E-state index in [4.69, 9.17) is 9.47 Å². The highest BCUT2D eigenvalue weighted by Crippen LogP contribution is 2.34. The Balaban J connectivity index is 1.28. The fourth-order valence-corrected chi connectivity index (χ4v) is 3.54. The first-order valence-electron chi connectivity index (χ1n) is 9.40. The maximum Gasteiger partial charge on any atom is 0.241 e. The summed E-state index contributed by atoms with van der Waals surface area (Å²) < 4.78 is 10.7. The number of piperazine rings is 1. The first kappa shape index (κ1) is 17.8. The van der Waals surface area contributed by atoms with Crippen LogP contribution < -0.4 is 14.8 Å². The highest BCUT2D eigenvalue weighted by Gasteiger charge is 2.26. The molecule has 2 aromatic rings. The predicted octanol–water partition coefficient (Wildman–Crippen LogP) is 2.56. The molecule has 1 amide bonds. The van der Waals surface area contributed by atoms with Gasteiger partial charge in [-0.15, -0.1) is 0 Å². The van der Waals surface area contributed by atoms with E-state index in [-0.39, 0.29) is 18.7 Å². The van der Waals surface area contributed by atoms with Crippen molar-refractivity contribution in [1.29, 1.82) is 0 Å². The second kappa shape index (κ2) is 7.98. The Labute approximate surface area is 159 Å². The molecule has 6 heteroatoms. The van der Waals surface area contributed by atoms with Gasteiger partial charge in [-0.05, 0) is 24.6 Å². The molecule has 2 heterocycles. The van der Waals surface area contributed by atoms with Gasteiger partial charge >= 0.3 is 0 Å². The molecule has 1 N–H and O–H groups in total. The van der Waals surface area contributed by atoms with Crippen LogP contribution in [0.1, 0.15) is 12.5 Å². The normalized spacial score (nSPS) is 18.3. The van der Waals surface area contributed by atoms with E-state index in [0.717, 1.165) is 44.2 Å². The topological polar surface area (TPSA) is 54.0 Å². The number of hydrogen-bond donors (Lipinski definition) is 1. The Bertz CT molecular complexity index is 789. The molecule has 0 bridgehead atoms. The van der Waals surface area contributed by atoms with Crippen molar-refractivity contribution in [1.82, 2.24) is 9.80 Å². The first-order chi connectivity index (χ1) is 13.2. The monoisotopic (exact) mass is 367 g/mol. The van der Waals surface area contributed by atoms with Crippen LogP contribution in [0.4, 0.5) is 5.69 Å². The summed E-state index contributed by atoms with van der Waals surface area (Å²) in [7, 11) is 0. The molecular weight excluding hydrogens is 342 g/mol. The Hall–Kier alpha value is -2.57. The van der Waals surface area contributed by atoms with Crippen molar-refractivity contribution in [3.8, 4) is 11.5 Å². The van der Waals surface area contributed by atoms with Crippen LogP contribution in [0.5, 0.6) is 11.5 Å². The molecule has 1 atom stereocenters. The molecule has 0 aliphatic carbocycles. The van der Waals surface area contributed by atoms with Gasteiger partial charge in [0, 0.05) is 44.5 Å². The summed E-state index contributed by atoms with van der Waals surface area (Å²) in [6, 6.07) is 15.8. The van der Waals surface area contributed by atoms with Crippen LogP contribution in [0, 0.1) is 0 Å². The lowest BCUT2D eigenvalue weighted by atomic mass is 10.1. The van der Waals surface area contributed by atoms with Crippen molar-refractivity contribution in [3.05, 3.63) is 54.1 Å². The van der Waals surface area contributed by atoms with Crippen molar-refractivity contribution >= 4 is 11.6 Å². The van der Waals surface area contributed by atoms with Gasteiger partial charge in [-0.1, -0.05) is 30.3 Å². The smallest absolute Gasteiger partial charge is 0.241 e. The number of hydrogen-bond acceptors (Lipinski definition) is 5. The number of carbonyl (C=O) groups excluding carboxylic acids is 1. The Morgan fingerprint density at radius 2 is 1.78 bits per heavy atom. The third kappa shape index (κ3) is 4.23. The minimum Gasteiger partial charge on any atom is -0.454 e. The van der Waals surface area contributed by atoms with Crippen LogP contribution in [0.25, 0.3) is 0 Å². The van der Waals surface area contributed by atoms with Crippen LogP contribution in [-0.4, -0.2) is 54.7 Å². The molecule has 27 heavy (non-hydrogen) atoms. The second-order valence-corrected chi connectivity index (χ2v) is 7.03. The Morgan fingerprint density at radius 1 is 1.04 bits per heavy atom. The number of ether oxygens (including phenoxy) is 2. The van der Waals surface area contributed by atoms with Crippen LogP contribution in [0.2, 0.25) is 0 Å². The molecule has 1 saturated heterocycles. The van der Waals surface area contributed by atoms with E-state index in [1.165, 1.54) is 5.56 Å². The minimum atomic E-state index is -0.172. The summed E-state index contributed by atoms with van der Waals surface area (Å²) in [6.07, 6.45) is 0. The van der Waals surface area contributed by atoms with Crippen molar-refractivity contribution in [2.75, 3.05) is 38.3 Å². The van der Waals surface area contributed by atoms with E-state index in [0.29, 0.717) is 5.75 Å². The average molecular weight is 367 g/mol. The molecule has 4 rings (SSSR count). The van der Waals surface area contributed by atoms with Gasteiger partial charge in [0.15, 0.2) is 11.5 Å². The molecule has 0 radical (unpaired) electrons. The lowest BCUT2D eigenvalue weighted by Gasteiger charge is -2.37. The molecule has 0 saturated carbocycles. The second-order valence-electron chi connectivity index (χ2n) is 7.03. The van der Waals surface area contributed by atoms with Gasteiger partial charge in [0.1, 0.15) is 0 Å². The minimum absolute atomic E-state index is 0.00498. The maximum absolute atomic E-state index is 12.6. The zero-order valence-corrected chi connectivity index (χ0v) is 15.6. The fourth-order valence-electron chi connectivity index (χ4n) is 3.54. The molecule has 142 valence electrons. The summed E-state index contributed by atoms with van der Waals surface area (Å²) in [6.45, 7) is 6.89. The Morgan fingerprint density at radius 3 is 2.56 bits per heavy atom. The zero-order valence-electron chi connectivity index (χ0n) is 15.6. The molecule has 2 aliphatic rings. The summed E-state index contributed by atoms with van der Waals surface area (Å²) in [4.78, 5) is 17.3. The number of carbonyl (C=O) groups is 1. The molecule has 1 fully saturated rings. The van der Waals surface area contributed by atoms with E-state index in [2.05, 4.69) is 39.4 Å². The maximum atomic E-state index is 12.6. The van der Waals surface area contributed by atoms with E-state index in [1.54, 1.807) is 0 Å². The van der Waals surface area contributed by atoms with E-state index < -0.39 is 0 Å². The van der Waals surface area contributed by atoms with Crippen molar-refractivity contribution < 1.29 is 14.3 Å². The SMILES string of the molecule is CC(C(=O)Nc1ccc2c(c1)OCO2)N1CCN(Cc2ccccc2)CC1.